The molecule has 128 valence electrons. The first-order chi connectivity index (χ1) is 10.9. The second kappa shape index (κ2) is 7.79. The van der Waals surface area contributed by atoms with Gasteiger partial charge in [0.15, 0.2) is 0 Å². The predicted molar refractivity (Wildman–Crippen MR) is 90.5 cm³/mol. The van der Waals surface area contributed by atoms with Crippen LogP contribution in [0.2, 0.25) is 0 Å². The van der Waals surface area contributed by atoms with Gasteiger partial charge in [0.05, 0.1) is 19.3 Å². The van der Waals surface area contributed by atoms with Crippen molar-refractivity contribution in [2.24, 2.45) is 0 Å². The molecular formula is C18H28N2O3. The number of phenols is 1. The second-order valence-corrected chi connectivity index (χ2v) is 6.79. The maximum Gasteiger partial charge on any atom is 0.237 e. The third-order valence-corrected chi connectivity index (χ3v) is 4.22. The summed E-state index contributed by atoms with van der Waals surface area (Å²) in [6.07, 6.45) is 1.51. The van der Waals surface area contributed by atoms with Crippen molar-refractivity contribution in [2.75, 3.05) is 26.3 Å². The van der Waals surface area contributed by atoms with Crippen molar-refractivity contribution in [3.05, 3.63) is 29.8 Å². The smallest absolute Gasteiger partial charge is 0.237 e. The monoisotopic (exact) mass is 320 g/mol. The van der Waals surface area contributed by atoms with Crippen LogP contribution in [0.1, 0.15) is 32.8 Å². The Kier molecular flexibility index (Phi) is 6.02. The van der Waals surface area contributed by atoms with Crippen LogP contribution >= 0.6 is 0 Å². The number of phenolic OH excluding ortho intramolecular Hbond substituents is 1. The number of nitrogens with one attached hydrogen (secondary N) is 1. The van der Waals surface area contributed by atoms with Crippen LogP contribution in [0.5, 0.6) is 5.75 Å². The lowest BCUT2D eigenvalue weighted by Gasteiger charge is -2.35. The number of morpholine rings is 1. The van der Waals surface area contributed by atoms with E-state index in [-0.39, 0.29) is 23.2 Å². The van der Waals surface area contributed by atoms with Gasteiger partial charge in [0.2, 0.25) is 5.91 Å². The highest BCUT2D eigenvalue weighted by Crippen LogP contribution is 2.17. The summed E-state index contributed by atoms with van der Waals surface area (Å²) in [6.45, 7) is 9.12. The first kappa shape index (κ1) is 17.8. The van der Waals surface area contributed by atoms with Gasteiger partial charge in [0, 0.05) is 18.6 Å². The maximum atomic E-state index is 12.7. The van der Waals surface area contributed by atoms with Crippen LogP contribution in [0, 0.1) is 0 Å². The third kappa shape index (κ3) is 5.22. The van der Waals surface area contributed by atoms with Gasteiger partial charge in [-0.3, -0.25) is 9.69 Å². The molecular weight excluding hydrogens is 292 g/mol. The minimum Gasteiger partial charge on any atom is -0.508 e. The Bertz CT molecular complexity index is 508. The maximum absolute atomic E-state index is 12.7. The number of carbonyl (C=O) groups excluding carboxylic acids is 1. The topological polar surface area (TPSA) is 61.8 Å². The summed E-state index contributed by atoms with van der Waals surface area (Å²) in [6, 6.07) is 7.04. The van der Waals surface area contributed by atoms with Gasteiger partial charge >= 0.3 is 0 Å². The zero-order chi connectivity index (χ0) is 16.9. The lowest BCUT2D eigenvalue weighted by atomic mass is 9.94. The van der Waals surface area contributed by atoms with Crippen LogP contribution < -0.4 is 5.32 Å². The number of hydrogen-bond donors (Lipinski definition) is 2. The van der Waals surface area contributed by atoms with E-state index in [1.807, 2.05) is 32.9 Å². The molecule has 0 saturated carbocycles. The van der Waals surface area contributed by atoms with Crippen LogP contribution in [0.25, 0.3) is 0 Å². The van der Waals surface area contributed by atoms with E-state index in [0.29, 0.717) is 13.2 Å². The van der Waals surface area contributed by atoms with Crippen molar-refractivity contribution in [2.45, 2.75) is 45.2 Å². The number of carbonyl (C=O) groups is 1. The lowest BCUT2D eigenvalue weighted by molar-refractivity contribution is -0.130. The molecule has 0 bridgehead atoms. The summed E-state index contributed by atoms with van der Waals surface area (Å²) in [5.41, 5.74) is 0.751. The fourth-order valence-corrected chi connectivity index (χ4v) is 3.08. The minimum absolute atomic E-state index is 0.0816. The predicted octanol–water partition coefficient (Wildman–Crippen LogP) is 1.94. The zero-order valence-corrected chi connectivity index (χ0v) is 14.3. The summed E-state index contributed by atoms with van der Waals surface area (Å²) in [5, 5.41) is 12.5. The van der Waals surface area contributed by atoms with Gasteiger partial charge in [-0.1, -0.05) is 19.1 Å². The minimum atomic E-state index is -0.340. The molecule has 1 aliphatic rings. The van der Waals surface area contributed by atoms with E-state index in [4.69, 9.17) is 4.74 Å². The van der Waals surface area contributed by atoms with Gasteiger partial charge in [-0.25, -0.2) is 0 Å². The molecule has 1 aromatic carbocycles. The van der Waals surface area contributed by atoms with Crippen LogP contribution in [0.3, 0.4) is 0 Å². The van der Waals surface area contributed by atoms with Gasteiger partial charge in [-0.05, 0) is 44.4 Å². The molecule has 1 aliphatic heterocycles. The quantitative estimate of drug-likeness (QED) is 0.841. The molecule has 0 unspecified atom stereocenters. The number of nitrogens with zero attached hydrogens (tertiary/aromatic N) is 1. The molecule has 0 radical (unpaired) electrons. The number of benzene rings is 1. The molecule has 23 heavy (non-hydrogen) atoms. The molecule has 0 spiro atoms. The average Bonchev–Trinajstić information content (AvgIpc) is 2.50. The zero-order valence-electron chi connectivity index (χ0n) is 14.3. The van der Waals surface area contributed by atoms with Gasteiger partial charge in [0.25, 0.3) is 0 Å². The first-order valence-corrected chi connectivity index (χ1v) is 8.33. The van der Waals surface area contributed by atoms with E-state index in [1.54, 1.807) is 12.1 Å². The molecule has 1 saturated heterocycles. The van der Waals surface area contributed by atoms with Crippen molar-refractivity contribution in [1.82, 2.24) is 10.2 Å². The Morgan fingerprint density at radius 1 is 1.30 bits per heavy atom. The number of rotatable bonds is 6. The third-order valence-electron chi connectivity index (χ3n) is 4.22. The highest BCUT2D eigenvalue weighted by atomic mass is 16.5. The van der Waals surface area contributed by atoms with Gasteiger partial charge < -0.3 is 15.2 Å². The summed E-state index contributed by atoms with van der Waals surface area (Å²) in [4.78, 5) is 14.9. The Morgan fingerprint density at radius 2 is 1.91 bits per heavy atom. The van der Waals surface area contributed by atoms with E-state index in [1.165, 1.54) is 0 Å². The number of ether oxygens (including phenoxy) is 1. The molecule has 0 aromatic heterocycles. The Labute approximate surface area is 138 Å². The van der Waals surface area contributed by atoms with E-state index < -0.39 is 0 Å². The molecule has 0 aliphatic carbocycles. The number of amides is 1. The molecule has 1 heterocycles. The van der Waals surface area contributed by atoms with Gasteiger partial charge in [-0.2, -0.15) is 0 Å². The molecule has 1 atom stereocenters. The molecule has 1 fully saturated rings. The average molecular weight is 320 g/mol. The Balaban J connectivity index is 1.96. The Hall–Kier alpha value is -1.59. The highest BCUT2D eigenvalue weighted by molar-refractivity contribution is 5.82. The molecule has 5 heteroatoms. The summed E-state index contributed by atoms with van der Waals surface area (Å²) < 4.78 is 5.37. The summed E-state index contributed by atoms with van der Waals surface area (Å²) >= 11 is 0. The Morgan fingerprint density at radius 3 is 2.48 bits per heavy atom. The van der Waals surface area contributed by atoms with E-state index in [9.17, 15) is 9.90 Å². The molecule has 1 amide bonds. The van der Waals surface area contributed by atoms with Crippen molar-refractivity contribution in [3.8, 4) is 5.75 Å². The fourth-order valence-electron chi connectivity index (χ4n) is 3.08. The first-order valence-electron chi connectivity index (χ1n) is 8.33. The van der Waals surface area contributed by atoms with Crippen molar-refractivity contribution in [1.29, 1.82) is 0 Å². The van der Waals surface area contributed by atoms with Gasteiger partial charge in [-0.15, -0.1) is 0 Å². The van der Waals surface area contributed by atoms with Crippen molar-refractivity contribution in [3.63, 3.8) is 0 Å². The molecule has 5 nitrogen and oxygen atoms in total. The van der Waals surface area contributed by atoms with Crippen LogP contribution in [0.15, 0.2) is 24.3 Å². The molecule has 2 N–H and O–H groups in total. The largest absolute Gasteiger partial charge is 0.508 e. The number of aromatic hydroxyl groups is 1. The fraction of sp³-hybridized carbons (Fsp3) is 0.611. The molecule has 2 rings (SSSR count). The standard InChI is InChI=1S/C18H28N2O3/c1-4-16(20-9-11-23-12-10-20)17(22)19-18(2,3)13-14-5-7-15(21)8-6-14/h5-8,16,21H,4,9-13H2,1-3H3,(H,19,22)/t16-/m1/s1. The highest BCUT2D eigenvalue weighted by Gasteiger charge is 2.29. The van der Waals surface area contributed by atoms with E-state index >= 15 is 0 Å². The van der Waals surface area contributed by atoms with Crippen LogP contribution in [0.4, 0.5) is 0 Å². The van der Waals surface area contributed by atoms with Crippen LogP contribution in [-0.4, -0.2) is 53.8 Å². The summed E-state index contributed by atoms with van der Waals surface area (Å²) in [7, 11) is 0. The second-order valence-electron chi connectivity index (χ2n) is 6.79. The lowest BCUT2D eigenvalue weighted by Crippen LogP contribution is -2.55. The van der Waals surface area contributed by atoms with Crippen molar-refractivity contribution < 1.29 is 14.6 Å². The summed E-state index contributed by atoms with van der Waals surface area (Å²) in [5.74, 6) is 0.340. The van der Waals surface area contributed by atoms with Gasteiger partial charge in [0.1, 0.15) is 5.75 Å². The molecule has 1 aromatic rings. The van der Waals surface area contributed by atoms with E-state index in [2.05, 4.69) is 10.2 Å². The van der Waals surface area contributed by atoms with Crippen molar-refractivity contribution >= 4 is 5.91 Å². The van der Waals surface area contributed by atoms with E-state index in [0.717, 1.165) is 31.5 Å². The normalized spacial score (nSPS) is 17.7. The SMILES string of the molecule is CC[C@H](C(=O)NC(C)(C)Cc1ccc(O)cc1)N1CCOCC1. The number of hydrogen-bond acceptors (Lipinski definition) is 4. The van der Waals surface area contributed by atoms with Crippen LogP contribution in [-0.2, 0) is 16.0 Å².